The number of benzene rings is 1. The number of aryl methyl sites for hydroxylation is 2. The number of phenols is 1. The zero-order valence-electron chi connectivity index (χ0n) is 12.2. The number of aromatic hydroxyl groups is 1. The monoisotopic (exact) mass is 279 g/mol. The maximum atomic E-state index is 10.1. The second kappa shape index (κ2) is 5.35. The molecule has 1 heterocycles. The van der Waals surface area contributed by atoms with Gasteiger partial charge in [0.05, 0.1) is 10.2 Å². The molecule has 0 bridgehead atoms. The molecule has 0 radical (unpaired) electrons. The van der Waals surface area contributed by atoms with Gasteiger partial charge in [-0.25, -0.2) is 4.98 Å². The molecule has 1 aromatic carbocycles. The summed E-state index contributed by atoms with van der Waals surface area (Å²) in [4.78, 5) is 6.78. The van der Waals surface area contributed by atoms with Crippen LogP contribution in [0.2, 0.25) is 0 Å². The van der Waals surface area contributed by atoms with Crippen LogP contribution in [-0.4, -0.2) is 42.2 Å². The number of likely N-dealkylation sites (N-methyl/N-ethyl adjacent to an activating group) is 1. The van der Waals surface area contributed by atoms with Crippen molar-refractivity contribution < 1.29 is 5.11 Å². The van der Waals surface area contributed by atoms with Crippen molar-refractivity contribution in [2.45, 2.75) is 20.8 Å². The molecular weight excluding hydrogens is 258 g/mol. The zero-order chi connectivity index (χ0) is 14.2. The molecule has 0 saturated carbocycles. The van der Waals surface area contributed by atoms with Gasteiger partial charge in [-0.15, -0.1) is 0 Å². The summed E-state index contributed by atoms with van der Waals surface area (Å²) in [7, 11) is 4.10. The van der Waals surface area contributed by atoms with E-state index < -0.39 is 0 Å². The molecule has 104 valence electrons. The summed E-state index contributed by atoms with van der Waals surface area (Å²) in [6.45, 7) is 7.75. The molecular formula is C14H21N3OS. The quantitative estimate of drug-likeness (QED) is 0.903. The van der Waals surface area contributed by atoms with E-state index in [0.29, 0.717) is 5.75 Å². The predicted molar refractivity (Wildman–Crippen MR) is 82.5 cm³/mol. The minimum atomic E-state index is 0.397. The maximum Gasteiger partial charge on any atom is 0.183 e. The molecule has 0 saturated heterocycles. The molecule has 0 aliphatic rings. The summed E-state index contributed by atoms with van der Waals surface area (Å²) in [5.41, 5.74) is 3.92. The van der Waals surface area contributed by atoms with Gasteiger partial charge in [-0.3, -0.25) is 0 Å². The molecule has 1 aromatic heterocycles. The van der Waals surface area contributed by atoms with Gasteiger partial charge in [-0.2, -0.15) is 0 Å². The Bertz CT molecular complexity index is 559. The van der Waals surface area contributed by atoms with E-state index in [-0.39, 0.29) is 0 Å². The summed E-state index contributed by atoms with van der Waals surface area (Å²) < 4.78 is 1.08. The van der Waals surface area contributed by atoms with Crippen LogP contribution in [0.25, 0.3) is 10.2 Å². The Morgan fingerprint density at radius 1 is 1.16 bits per heavy atom. The van der Waals surface area contributed by atoms with Crippen LogP contribution in [-0.2, 0) is 0 Å². The van der Waals surface area contributed by atoms with Crippen molar-refractivity contribution in [3.8, 4) is 5.75 Å². The number of hydrogen-bond acceptors (Lipinski definition) is 5. The number of nitrogens with one attached hydrogen (secondary N) is 1. The Balaban J connectivity index is 2.35. The lowest BCUT2D eigenvalue weighted by Gasteiger charge is -2.08. The van der Waals surface area contributed by atoms with E-state index in [0.717, 1.165) is 45.1 Å². The van der Waals surface area contributed by atoms with Crippen molar-refractivity contribution in [1.29, 1.82) is 0 Å². The van der Waals surface area contributed by atoms with Gasteiger partial charge in [-0.05, 0) is 46.0 Å². The average Bonchev–Trinajstić information content (AvgIpc) is 2.77. The Hall–Kier alpha value is -1.33. The molecule has 5 heteroatoms. The van der Waals surface area contributed by atoms with E-state index in [4.69, 9.17) is 0 Å². The highest BCUT2D eigenvalue weighted by molar-refractivity contribution is 7.22. The van der Waals surface area contributed by atoms with Gasteiger partial charge in [0.25, 0.3) is 0 Å². The van der Waals surface area contributed by atoms with Crippen LogP contribution in [0.3, 0.4) is 0 Å². The van der Waals surface area contributed by atoms with E-state index in [2.05, 4.69) is 29.3 Å². The van der Waals surface area contributed by atoms with E-state index in [1.807, 2.05) is 20.8 Å². The first-order valence-electron chi connectivity index (χ1n) is 6.39. The number of aromatic nitrogens is 1. The van der Waals surface area contributed by atoms with Gasteiger partial charge in [0.1, 0.15) is 5.75 Å². The second-order valence-electron chi connectivity index (χ2n) is 5.15. The number of rotatable bonds is 4. The molecule has 0 fully saturated rings. The van der Waals surface area contributed by atoms with E-state index in [1.54, 1.807) is 11.3 Å². The summed E-state index contributed by atoms with van der Waals surface area (Å²) >= 11 is 1.61. The van der Waals surface area contributed by atoms with Gasteiger partial charge in [0.2, 0.25) is 0 Å². The first-order valence-corrected chi connectivity index (χ1v) is 7.21. The van der Waals surface area contributed by atoms with Gasteiger partial charge in [0, 0.05) is 18.7 Å². The predicted octanol–water partition coefficient (Wildman–Crippen LogP) is 2.90. The van der Waals surface area contributed by atoms with Crippen molar-refractivity contribution in [2.75, 3.05) is 32.5 Å². The zero-order valence-corrected chi connectivity index (χ0v) is 13.0. The maximum absolute atomic E-state index is 10.1. The first kappa shape index (κ1) is 14.1. The molecule has 0 unspecified atom stereocenters. The molecule has 0 aliphatic heterocycles. The number of thiazole rings is 1. The fourth-order valence-electron chi connectivity index (χ4n) is 2.03. The van der Waals surface area contributed by atoms with Crippen LogP contribution in [0.1, 0.15) is 16.7 Å². The molecule has 4 nitrogen and oxygen atoms in total. The highest BCUT2D eigenvalue weighted by Crippen LogP contribution is 2.38. The van der Waals surface area contributed by atoms with Crippen LogP contribution < -0.4 is 5.32 Å². The number of nitrogens with zero attached hydrogens (tertiary/aromatic N) is 2. The third kappa shape index (κ3) is 2.67. The van der Waals surface area contributed by atoms with Crippen LogP contribution >= 0.6 is 11.3 Å². The Morgan fingerprint density at radius 3 is 2.47 bits per heavy atom. The minimum Gasteiger partial charge on any atom is -0.507 e. The Labute approximate surface area is 118 Å². The van der Waals surface area contributed by atoms with Crippen molar-refractivity contribution in [2.24, 2.45) is 0 Å². The van der Waals surface area contributed by atoms with Gasteiger partial charge < -0.3 is 15.3 Å². The van der Waals surface area contributed by atoms with Crippen LogP contribution in [0, 0.1) is 20.8 Å². The summed E-state index contributed by atoms with van der Waals surface area (Å²) in [5, 5.41) is 14.4. The molecule has 2 rings (SSSR count). The average molecular weight is 279 g/mol. The smallest absolute Gasteiger partial charge is 0.183 e. The van der Waals surface area contributed by atoms with E-state index in [1.165, 1.54) is 0 Å². The number of phenolic OH excluding ortho intramolecular Hbond substituents is 1. The van der Waals surface area contributed by atoms with Gasteiger partial charge in [-0.1, -0.05) is 11.3 Å². The van der Waals surface area contributed by atoms with Crippen molar-refractivity contribution in [1.82, 2.24) is 9.88 Å². The van der Waals surface area contributed by atoms with Crippen molar-refractivity contribution >= 4 is 26.7 Å². The lowest BCUT2D eigenvalue weighted by Crippen LogP contribution is -2.20. The molecule has 0 aliphatic carbocycles. The molecule has 19 heavy (non-hydrogen) atoms. The molecule has 0 amide bonds. The lowest BCUT2D eigenvalue weighted by atomic mass is 10.0. The van der Waals surface area contributed by atoms with Crippen molar-refractivity contribution in [3.63, 3.8) is 0 Å². The molecule has 2 aromatic rings. The fraction of sp³-hybridized carbons (Fsp3) is 0.500. The SMILES string of the molecule is Cc1c(O)c(C)c2sc(NCCN(C)C)nc2c1C. The topological polar surface area (TPSA) is 48.4 Å². The molecule has 2 N–H and O–H groups in total. The van der Waals surface area contributed by atoms with Crippen molar-refractivity contribution in [3.05, 3.63) is 16.7 Å². The number of fused-ring (bicyclic) bond motifs is 1. The fourth-order valence-corrected chi connectivity index (χ4v) is 3.08. The minimum absolute atomic E-state index is 0.397. The summed E-state index contributed by atoms with van der Waals surface area (Å²) in [6.07, 6.45) is 0. The van der Waals surface area contributed by atoms with Crippen LogP contribution in [0.15, 0.2) is 0 Å². The lowest BCUT2D eigenvalue weighted by molar-refractivity contribution is 0.425. The number of anilines is 1. The molecule has 0 atom stereocenters. The summed E-state index contributed by atoms with van der Waals surface area (Å²) in [6, 6.07) is 0. The van der Waals surface area contributed by atoms with Gasteiger partial charge >= 0.3 is 0 Å². The highest BCUT2D eigenvalue weighted by atomic mass is 32.1. The number of hydrogen-bond donors (Lipinski definition) is 2. The largest absolute Gasteiger partial charge is 0.507 e. The molecule has 0 spiro atoms. The third-order valence-corrected chi connectivity index (χ3v) is 4.56. The van der Waals surface area contributed by atoms with Crippen LogP contribution in [0.5, 0.6) is 5.75 Å². The Morgan fingerprint density at radius 2 is 1.84 bits per heavy atom. The van der Waals surface area contributed by atoms with E-state index in [9.17, 15) is 5.11 Å². The first-order chi connectivity index (χ1) is 8.91. The standard InChI is InChI=1S/C14H21N3OS/c1-8-9(2)12(18)10(3)13-11(8)16-14(19-13)15-6-7-17(4)5/h18H,6-7H2,1-5H3,(H,15,16). The van der Waals surface area contributed by atoms with E-state index >= 15 is 0 Å². The highest BCUT2D eigenvalue weighted by Gasteiger charge is 2.15. The Kier molecular flexibility index (Phi) is 3.96. The second-order valence-corrected chi connectivity index (χ2v) is 6.15. The van der Waals surface area contributed by atoms with Crippen LogP contribution in [0.4, 0.5) is 5.13 Å². The summed E-state index contributed by atoms with van der Waals surface area (Å²) in [5.74, 6) is 0.397. The van der Waals surface area contributed by atoms with Gasteiger partial charge in [0.15, 0.2) is 5.13 Å². The third-order valence-electron chi connectivity index (χ3n) is 3.43. The normalized spacial score (nSPS) is 11.5.